The second kappa shape index (κ2) is 6.36. The van der Waals surface area contributed by atoms with Crippen molar-refractivity contribution < 1.29 is 0 Å². The maximum Gasteiger partial charge on any atom is 0.0294 e. The third kappa shape index (κ3) is 3.92. The van der Waals surface area contributed by atoms with E-state index in [1.165, 1.54) is 26.7 Å². The molecule has 2 heteroatoms. The van der Waals surface area contributed by atoms with Gasteiger partial charge in [-0.3, -0.25) is 0 Å². The lowest BCUT2D eigenvalue weighted by atomic mass is 10.1. The van der Waals surface area contributed by atoms with Gasteiger partial charge in [0.15, 0.2) is 0 Å². The molecule has 0 aromatic heterocycles. The molecule has 0 bridgehead atoms. The predicted octanol–water partition coefficient (Wildman–Crippen LogP) is 4.92. The summed E-state index contributed by atoms with van der Waals surface area (Å²) >= 11 is 3.62. The Labute approximate surface area is 124 Å². The molecule has 0 unspecified atom stereocenters. The zero-order chi connectivity index (χ0) is 13.8. The summed E-state index contributed by atoms with van der Waals surface area (Å²) in [4.78, 5) is 0. The lowest BCUT2D eigenvalue weighted by Crippen LogP contribution is -2.18. The van der Waals surface area contributed by atoms with Crippen molar-refractivity contribution in [2.45, 2.75) is 33.4 Å². The van der Waals surface area contributed by atoms with Gasteiger partial charge in [0.1, 0.15) is 0 Å². The highest BCUT2D eigenvalue weighted by molar-refractivity contribution is 9.10. The van der Waals surface area contributed by atoms with Gasteiger partial charge in [0, 0.05) is 17.1 Å². The Bertz CT molecular complexity index is 546. The third-order valence-corrected chi connectivity index (χ3v) is 4.12. The summed E-state index contributed by atoms with van der Waals surface area (Å²) in [5, 5.41) is 3.56. The molecule has 0 aliphatic carbocycles. The zero-order valence-electron chi connectivity index (χ0n) is 11.7. The Morgan fingerprint density at radius 2 is 1.63 bits per heavy atom. The van der Waals surface area contributed by atoms with Crippen LogP contribution in [0.15, 0.2) is 46.9 Å². The van der Waals surface area contributed by atoms with Crippen LogP contribution in [0.5, 0.6) is 0 Å². The molecule has 0 saturated heterocycles. The van der Waals surface area contributed by atoms with E-state index in [4.69, 9.17) is 0 Å². The lowest BCUT2D eigenvalue weighted by molar-refractivity contribution is 0.573. The van der Waals surface area contributed by atoms with Crippen molar-refractivity contribution in [3.05, 3.63) is 69.2 Å². The van der Waals surface area contributed by atoms with Crippen molar-refractivity contribution in [1.82, 2.24) is 5.32 Å². The van der Waals surface area contributed by atoms with E-state index < -0.39 is 0 Å². The summed E-state index contributed by atoms with van der Waals surface area (Å²) < 4.78 is 1.18. The molecule has 2 aromatic rings. The molecule has 1 nitrogen and oxygen atoms in total. The minimum absolute atomic E-state index is 0.355. The van der Waals surface area contributed by atoms with Gasteiger partial charge < -0.3 is 5.32 Å². The Morgan fingerprint density at radius 1 is 1.00 bits per heavy atom. The zero-order valence-corrected chi connectivity index (χ0v) is 13.3. The largest absolute Gasteiger partial charge is 0.306 e. The van der Waals surface area contributed by atoms with Gasteiger partial charge in [-0.2, -0.15) is 0 Å². The van der Waals surface area contributed by atoms with Crippen molar-refractivity contribution in [2.24, 2.45) is 0 Å². The minimum atomic E-state index is 0.355. The molecule has 1 N–H and O–H groups in total. The fraction of sp³-hybridized carbons (Fsp3) is 0.294. The van der Waals surface area contributed by atoms with Gasteiger partial charge in [-0.1, -0.05) is 57.9 Å². The summed E-state index contributed by atoms with van der Waals surface area (Å²) in [5.74, 6) is 0. The van der Waals surface area contributed by atoms with E-state index in [9.17, 15) is 0 Å². The second-order valence-corrected chi connectivity index (χ2v) is 5.96. The number of halogens is 1. The Balaban J connectivity index is 2.00. The van der Waals surface area contributed by atoms with Crippen molar-refractivity contribution in [3.63, 3.8) is 0 Å². The topological polar surface area (TPSA) is 12.0 Å². The summed E-state index contributed by atoms with van der Waals surface area (Å²) in [6, 6.07) is 15.5. The SMILES string of the molecule is Cc1ccc([C@@H](C)NCc2ccc(C)cc2Br)cc1. The highest BCUT2D eigenvalue weighted by Crippen LogP contribution is 2.20. The van der Waals surface area contributed by atoms with Crippen molar-refractivity contribution in [3.8, 4) is 0 Å². The molecular formula is C17H20BrN. The smallest absolute Gasteiger partial charge is 0.0294 e. The minimum Gasteiger partial charge on any atom is -0.306 e. The van der Waals surface area contributed by atoms with E-state index in [2.05, 4.69) is 84.5 Å². The van der Waals surface area contributed by atoms with Crippen molar-refractivity contribution in [2.75, 3.05) is 0 Å². The maximum atomic E-state index is 3.62. The Hall–Kier alpha value is -1.12. The van der Waals surface area contributed by atoms with Crippen LogP contribution in [-0.4, -0.2) is 0 Å². The number of rotatable bonds is 4. The molecule has 0 fully saturated rings. The first-order valence-electron chi connectivity index (χ1n) is 6.61. The normalized spacial score (nSPS) is 12.4. The Kier molecular flexibility index (Phi) is 4.78. The van der Waals surface area contributed by atoms with Crippen LogP contribution in [0.3, 0.4) is 0 Å². The summed E-state index contributed by atoms with van der Waals surface area (Å²) in [7, 11) is 0. The number of nitrogens with one attached hydrogen (secondary N) is 1. The van der Waals surface area contributed by atoms with E-state index in [0.717, 1.165) is 6.54 Å². The molecule has 1 atom stereocenters. The molecular weight excluding hydrogens is 298 g/mol. The average molecular weight is 318 g/mol. The number of aryl methyl sites for hydroxylation is 2. The standard InChI is InChI=1S/C17H20BrN/c1-12-4-7-15(8-5-12)14(3)19-11-16-9-6-13(2)10-17(16)18/h4-10,14,19H,11H2,1-3H3/t14-/m1/s1. The molecule has 0 spiro atoms. The van der Waals surface area contributed by atoms with Crippen LogP contribution in [-0.2, 0) is 6.54 Å². The molecule has 0 heterocycles. The molecule has 0 aliphatic heterocycles. The highest BCUT2D eigenvalue weighted by atomic mass is 79.9. The van der Waals surface area contributed by atoms with Crippen molar-refractivity contribution >= 4 is 15.9 Å². The molecule has 0 saturated carbocycles. The van der Waals surface area contributed by atoms with Crippen LogP contribution in [0.25, 0.3) is 0 Å². The number of benzene rings is 2. The molecule has 0 aliphatic rings. The van der Waals surface area contributed by atoms with E-state index in [1.807, 2.05) is 0 Å². The number of hydrogen-bond donors (Lipinski definition) is 1. The third-order valence-electron chi connectivity index (χ3n) is 3.38. The van der Waals surface area contributed by atoms with Crippen LogP contribution < -0.4 is 5.32 Å². The van der Waals surface area contributed by atoms with Crippen LogP contribution in [0.1, 0.15) is 35.2 Å². The molecule has 0 amide bonds. The molecule has 19 heavy (non-hydrogen) atoms. The quantitative estimate of drug-likeness (QED) is 0.844. The molecule has 2 rings (SSSR count). The summed E-state index contributed by atoms with van der Waals surface area (Å²) in [6.45, 7) is 7.30. The fourth-order valence-corrected chi connectivity index (χ4v) is 2.67. The first-order valence-corrected chi connectivity index (χ1v) is 7.40. The summed E-state index contributed by atoms with van der Waals surface area (Å²) in [6.07, 6.45) is 0. The van der Waals surface area contributed by atoms with Gasteiger partial charge in [-0.25, -0.2) is 0 Å². The van der Waals surface area contributed by atoms with Crippen molar-refractivity contribution in [1.29, 1.82) is 0 Å². The first-order chi connectivity index (χ1) is 9.06. The van der Waals surface area contributed by atoms with E-state index in [1.54, 1.807) is 0 Å². The van der Waals surface area contributed by atoms with Gasteiger partial charge in [0.25, 0.3) is 0 Å². The predicted molar refractivity (Wildman–Crippen MR) is 85.3 cm³/mol. The van der Waals surface area contributed by atoms with Gasteiger partial charge >= 0.3 is 0 Å². The molecule has 2 aromatic carbocycles. The van der Waals surface area contributed by atoms with Gasteiger partial charge in [-0.05, 0) is 43.5 Å². The van der Waals surface area contributed by atoms with Gasteiger partial charge in [0.2, 0.25) is 0 Å². The summed E-state index contributed by atoms with van der Waals surface area (Å²) in [5.41, 5.74) is 5.21. The number of hydrogen-bond acceptors (Lipinski definition) is 1. The lowest BCUT2D eigenvalue weighted by Gasteiger charge is -2.15. The molecule has 100 valence electrons. The monoisotopic (exact) mass is 317 g/mol. The maximum absolute atomic E-state index is 3.62. The highest BCUT2D eigenvalue weighted by Gasteiger charge is 2.06. The van der Waals surface area contributed by atoms with Gasteiger partial charge in [0.05, 0.1) is 0 Å². The van der Waals surface area contributed by atoms with Crippen LogP contribution in [0, 0.1) is 13.8 Å². The van der Waals surface area contributed by atoms with E-state index in [-0.39, 0.29) is 0 Å². The fourth-order valence-electron chi connectivity index (χ4n) is 2.03. The van der Waals surface area contributed by atoms with E-state index in [0.29, 0.717) is 6.04 Å². The average Bonchev–Trinajstić information content (AvgIpc) is 2.38. The first kappa shape index (κ1) is 14.3. The van der Waals surface area contributed by atoms with Crippen LogP contribution in [0.4, 0.5) is 0 Å². The Morgan fingerprint density at radius 3 is 2.26 bits per heavy atom. The molecule has 0 radical (unpaired) electrons. The van der Waals surface area contributed by atoms with Crippen LogP contribution >= 0.6 is 15.9 Å². The van der Waals surface area contributed by atoms with Crippen LogP contribution in [0.2, 0.25) is 0 Å². The second-order valence-electron chi connectivity index (χ2n) is 5.11. The van der Waals surface area contributed by atoms with E-state index >= 15 is 0 Å². The van der Waals surface area contributed by atoms with Gasteiger partial charge in [-0.15, -0.1) is 0 Å².